The summed E-state index contributed by atoms with van der Waals surface area (Å²) in [6, 6.07) is 2.00. The van der Waals surface area contributed by atoms with Crippen molar-refractivity contribution >= 4 is 5.91 Å². The summed E-state index contributed by atoms with van der Waals surface area (Å²) in [7, 11) is 0. The Morgan fingerprint density at radius 1 is 1.56 bits per heavy atom. The van der Waals surface area contributed by atoms with Crippen molar-refractivity contribution in [3.05, 3.63) is 17.5 Å². The van der Waals surface area contributed by atoms with Gasteiger partial charge in [-0.2, -0.15) is 5.10 Å². The lowest BCUT2D eigenvalue weighted by molar-refractivity contribution is -0.123. The number of hydrogen-bond donors (Lipinski definition) is 2. The van der Waals surface area contributed by atoms with Crippen molar-refractivity contribution in [3.63, 3.8) is 0 Å². The number of aliphatic hydroxyl groups is 1. The zero-order valence-corrected chi connectivity index (χ0v) is 11.1. The molecule has 0 unspecified atom stereocenters. The van der Waals surface area contributed by atoms with Crippen LogP contribution >= 0.6 is 0 Å². The quantitative estimate of drug-likeness (QED) is 0.817. The molecule has 0 aromatic carbocycles. The lowest BCUT2D eigenvalue weighted by Crippen LogP contribution is -2.47. The van der Waals surface area contributed by atoms with Crippen molar-refractivity contribution in [2.24, 2.45) is 0 Å². The topological polar surface area (TPSA) is 67.2 Å². The van der Waals surface area contributed by atoms with Crippen LogP contribution in [0.4, 0.5) is 0 Å². The van der Waals surface area contributed by atoms with Gasteiger partial charge in [0.2, 0.25) is 5.91 Å². The van der Waals surface area contributed by atoms with Crippen LogP contribution in [0.5, 0.6) is 0 Å². The molecule has 1 aromatic rings. The Kier molecular flexibility index (Phi) is 3.71. The van der Waals surface area contributed by atoms with Crippen molar-refractivity contribution < 1.29 is 9.90 Å². The minimum atomic E-state index is -0.645. The van der Waals surface area contributed by atoms with Gasteiger partial charge in [-0.25, -0.2) is 0 Å². The van der Waals surface area contributed by atoms with Crippen molar-refractivity contribution in [2.45, 2.75) is 51.7 Å². The third kappa shape index (κ3) is 3.10. The summed E-state index contributed by atoms with van der Waals surface area (Å²) in [6.07, 6.45) is 3.05. The second-order valence-electron chi connectivity index (χ2n) is 5.25. The number of amides is 1. The number of rotatable bonds is 5. The van der Waals surface area contributed by atoms with E-state index in [2.05, 4.69) is 10.4 Å². The monoisotopic (exact) mass is 251 g/mol. The average molecular weight is 251 g/mol. The molecule has 2 N–H and O–H groups in total. The van der Waals surface area contributed by atoms with Gasteiger partial charge >= 0.3 is 0 Å². The predicted octanol–water partition coefficient (Wildman–Crippen LogP) is 0.921. The van der Waals surface area contributed by atoms with E-state index in [0.717, 1.165) is 30.7 Å². The molecule has 2 rings (SSSR count). The summed E-state index contributed by atoms with van der Waals surface area (Å²) < 4.78 is 1.84. The van der Waals surface area contributed by atoms with Crippen molar-refractivity contribution in [1.29, 1.82) is 0 Å². The number of nitrogens with zero attached hydrogens (tertiary/aromatic N) is 2. The minimum Gasteiger partial charge on any atom is -0.388 e. The summed E-state index contributed by atoms with van der Waals surface area (Å²) in [5, 5.41) is 17.0. The van der Waals surface area contributed by atoms with Gasteiger partial charge in [0.25, 0.3) is 0 Å². The molecule has 1 aliphatic carbocycles. The van der Waals surface area contributed by atoms with Crippen molar-refractivity contribution in [1.82, 2.24) is 15.1 Å². The maximum atomic E-state index is 11.7. The largest absolute Gasteiger partial charge is 0.388 e. The second-order valence-corrected chi connectivity index (χ2v) is 5.25. The number of aryl methyl sites for hydroxylation is 3. The Hall–Kier alpha value is -1.36. The second kappa shape index (κ2) is 5.10. The molecule has 0 radical (unpaired) electrons. The van der Waals surface area contributed by atoms with Crippen LogP contribution in [-0.2, 0) is 11.3 Å². The first-order chi connectivity index (χ1) is 8.48. The highest BCUT2D eigenvalue weighted by molar-refractivity contribution is 5.75. The minimum absolute atomic E-state index is 0.0251. The van der Waals surface area contributed by atoms with Crippen molar-refractivity contribution in [3.8, 4) is 0 Å². The molecule has 1 aliphatic rings. The lowest BCUT2D eigenvalue weighted by Gasteiger charge is -2.36. The van der Waals surface area contributed by atoms with Crippen LogP contribution in [0.3, 0.4) is 0 Å². The van der Waals surface area contributed by atoms with Crippen LogP contribution in [0.25, 0.3) is 0 Å². The fourth-order valence-electron chi connectivity index (χ4n) is 2.22. The molecule has 5 nitrogen and oxygen atoms in total. The normalized spacial score (nSPS) is 17.3. The first-order valence-corrected chi connectivity index (χ1v) is 6.49. The summed E-state index contributed by atoms with van der Waals surface area (Å²) in [4.78, 5) is 11.7. The summed E-state index contributed by atoms with van der Waals surface area (Å²) in [5.41, 5.74) is 1.39. The Labute approximate surface area is 107 Å². The van der Waals surface area contributed by atoms with Gasteiger partial charge < -0.3 is 10.4 Å². The van der Waals surface area contributed by atoms with Gasteiger partial charge in [-0.15, -0.1) is 0 Å². The van der Waals surface area contributed by atoms with Gasteiger partial charge in [0.15, 0.2) is 0 Å². The van der Waals surface area contributed by atoms with E-state index in [1.807, 2.05) is 24.6 Å². The average Bonchev–Trinajstić information content (AvgIpc) is 2.60. The third-order valence-corrected chi connectivity index (χ3v) is 3.55. The maximum absolute atomic E-state index is 11.7. The smallest absolute Gasteiger partial charge is 0.221 e. The fraction of sp³-hybridized carbons (Fsp3) is 0.692. The van der Waals surface area contributed by atoms with E-state index in [1.54, 1.807) is 0 Å². The van der Waals surface area contributed by atoms with E-state index in [9.17, 15) is 9.90 Å². The third-order valence-electron chi connectivity index (χ3n) is 3.55. The zero-order valence-electron chi connectivity index (χ0n) is 11.1. The number of carbonyl (C=O) groups excluding carboxylic acids is 1. The van der Waals surface area contributed by atoms with E-state index in [1.165, 1.54) is 0 Å². The Morgan fingerprint density at radius 3 is 2.78 bits per heavy atom. The van der Waals surface area contributed by atoms with E-state index in [4.69, 9.17) is 0 Å². The molecular weight excluding hydrogens is 230 g/mol. The zero-order chi connectivity index (χ0) is 13.2. The molecule has 18 heavy (non-hydrogen) atoms. The maximum Gasteiger partial charge on any atom is 0.221 e. The van der Waals surface area contributed by atoms with E-state index in [0.29, 0.717) is 19.5 Å². The predicted molar refractivity (Wildman–Crippen MR) is 68.1 cm³/mol. The number of carbonyl (C=O) groups is 1. The summed E-state index contributed by atoms with van der Waals surface area (Å²) in [5.74, 6) is -0.0251. The van der Waals surface area contributed by atoms with Crippen LogP contribution in [0.2, 0.25) is 0 Å². The molecule has 0 bridgehead atoms. The van der Waals surface area contributed by atoms with Crippen LogP contribution < -0.4 is 5.32 Å². The molecule has 0 saturated heterocycles. The molecule has 5 heteroatoms. The van der Waals surface area contributed by atoms with Gasteiger partial charge in [-0.1, -0.05) is 0 Å². The first-order valence-electron chi connectivity index (χ1n) is 6.49. The van der Waals surface area contributed by atoms with Gasteiger partial charge in [0.1, 0.15) is 0 Å². The Morgan fingerprint density at radius 2 is 2.28 bits per heavy atom. The summed E-state index contributed by atoms with van der Waals surface area (Å²) >= 11 is 0. The molecule has 1 saturated carbocycles. The summed E-state index contributed by atoms with van der Waals surface area (Å²) in [6.45, 7) is 4.89. The van der Waals surface area contributed by atoms with Gasteiger partial charge in [-0.05, 0) is 39.2 Å². The molecule has 0 spiro atoms. The molecule has 1 amide bonds. The van der Waals surface area contributed by atoms with E-state index >= 15 is 0 Å². The highest BCUT2D eigenvalue weighted by Gasteiger charge is 2.34. The van der Waals surface area contributed by atoms with Crippen LogP contribution in [0.1, 0.15) is 37.1 Å². The van der Waals surface area contributed by atoms with Crippen LogP contribution in [-0.4, -0.2) is 32.9 Å². The van der Waals surface area contributed by atoms with Crippen LogP contribution in [0.15, 0.2) is 6.07 Å². The standard InChI is InChI=1S/C13H21N3O2/c1-10-8-11(2)16(15-10)7-4-12(17)14-9-13(18)5-3-6-13/h8,18H,3-7,9H2,1-2H3,(H,14,17). The van der Waals surface area contributed by atoms with Crippen molar-refractivity contribution in [2.75, 3.05) is 6.54 Å². The molecule has 0 aliphatic heterocycles. The fourth-order valence-corrected chi connectivity index (χ4v) is 2.22. The highest BCUT2D eigenvalue weighted by Crippen LogP contribution is 2.30. The van der Waals surface area contributed by atoms with E-state index < -0.39 is 5.60 Å². The van der Waals surface area contributed by atoms with Crippen LogP contribution in [0, 0.1) is 13.8 Å². The number of hydrogen-bond acceptors (Lipinski definition) is 3. The molecular formula is C13H21N3O2. The first kappa shape index (κ1) is 13.1. The molecule has 1 aromatic heterocycles. The van der Waals surface area contributed by atoms with Gasteiger partial charge in [0, 0.05) is 25.2 Å². The molecule has 1 fully saturated rings. The highest BCUT2D eigenvalue weighted by atomic mass is 16.3. The molecule has 0 atom stereocenters. The Balaban J connectivity index is 1.73. The number of nitrogens with one attached hydrogen (secondary N) is 1. The molecule has 100 valence electrons. The lowest BCUT2D eigenvalue weighted by atomic mass is 9.80. The SMILES string of the molecule is Cc1cc(C)n(CCC(=O)NCC2(O)CCC2)n1. The van der Waals surface area contributed by atoms with Gasteiger partial charge in [-0.3, -0.25) is 9.48 Å². The van der Waals surface area contributed by atoms with E-state index in [-0.39, 0.29) is 5.91 Å². The number of aromatic nitrogens is 2. The molecule has 1 heterocycles. The van der Waals surface area contributed by atoms with Gasteiger partial charge in [0.05, 0.1) is 11.3 Å². The Bertz CT molecular complexity index is 435.